The summed E-state index contributed by atoms with van der Waals surface area (Å²) in [4.78, 5) is 0. The molecule has 17 heavy (non-hydrogen) atoms. The van der Waals surface area contributed by atoms with Gasteiger partial charge in [0, 0.05) is 26.9 Å². The molecule has 0 aliphatic carbocycles. The third-order valence-corrected chi connectivity index (χ3v) is 4.91. The molecule has 1 unspecified atom stereocenters. The van der Waals surface area contributed by atoms with Crippen LogP contribution in [0.5, 0.6) is 0 Å². The monoisotopic (exact) mass is 268 g/mol. The molecule has 104 valence electrons. The molecule has 5 N–H and O–H groups in total. The smallest absolute Gasteiger partial charge is 0.391 e. The van der Waals surface area contributed by atoms with Crippen LogP contribution in [-0.4, -0.2) is 53.8 Å². The average molecular weight is 268 g/mol. The fourth-order valence-electron chi connectivity index (χ4n) is 1.29. The minimum absolute atomic E-state index is 0.311. The van der Waals surface area contributed by atoms with Crippen molar-refractivity contribution in [2.24, 2.45) is 11.5 Å². The van der Waals surface area contributed by atoms with Crippen LogP contribution in [0.3, 0.4) is 0 Å². The number of hydrogen-bond acceptors (Lipinski definition) is 7. The van der Waals surface area contributed by atoms with Crippen LogP contribution < -0.4 is 11.5 Å². The van der Waals surface area contributed by atoms with Crippen molar-refractivity contribution in [2.45, 2.75) is 31.8 Å². The van der Waals surface area contributed by atoms with E-state index in [0.717, 1.165) is 0 Å². The molecule has 0 aromatic heterocycles. The first-order valence-electron chi connectivity index (χ1n) is 5.51. The summed E-state index contributed by atoms with van der Waals surface area (Å²) < 4.78 is 21.0. The van der Waals surface area contributed by atoms with Crippen LogP contribution in [0.25, 0.3) is 0 Å². The number of hydrogen-bond donors (Lipinski definition) is 3. The normalized spacial score (nSPS) is 14.3. The van der Waals surface area contributed by atoms with Gasteiger partial charge in [-0.05, 0) is 13.3 Å². The summed E-state index contributed by atoms with van der Waals surface area (Å²) in [5, 5.41) is 9.00. The Kier molecular flexibility index (Phi) is 8.91. The first-order chi connectivity index (χ1) is 7.95. The van der Waals surface area contributed by atoms with Crippen LogP contribution in [0.4, 0.5) is 0 Å². The van der Waals surface area contributed by atoms with Crippen molar-refractivity contribution in [3.05, 3.63) is 0 Å². The predicted molar refractivity (Wildman–Crippen MR) is 64.9 cm³/mol. The van der Waals surface area contributed by atoms with Crippen LogP contribution in [-0.2, 0) is 18.0 Å². The Morgan fingerprint density at radius 2 is 1.82 bits per heavy atom. The van der Waals surface area contributed by atoms with E-state index < -0.39 is 21.3 Å². The molecule has 0 aliphatic rings. The maximum atomic E-state index is 9.00. The van der Waals surface area contributed by atoms with Crippen LogP contribution in [0.15, 0.2) is 0 Å². The summed E-state index contributed by atoms with van der Waals surface area (Å²) in [5.41, 5.74) is 10.7. The standard InChI is InChI=1S/C9H24N2O5Si/c1-8(12)7-15-5-4-6-17(13-2,14-3)16-9(10)11/h8-9,12H,4-7,10-11H2,1-3H3. The highest BCUT2D eigenvalue weighted by Crippen LogP contribution is 2.16. The quantitative estimate of drug-likeness (QED) is 0.271. The van der Waals surface area contributed by atoms with E-state index in [9.17, 15) is 0 Å². The molecule has 0 aromatic rings. The lowest BCUT2D eigenvalue weighted by Crippen LogP contribution is -2.52. The molecule has 0 saturated heterocycles. The number of aliphatic hydroxyl groups excluding tert-OH is 1. The Hall–Kier alpha value is -0.0631. The van der Waals surface area contributed by atoms with Crippen molar-refractivity contribution in [1.82, 2.24) is 0 Å². The maximum absolute atomic E-state index is 9.00. The Morgan fingerprint density at radius 1 is 1.24 bits per heavy atom. The van der Waals surface area contributed by atoms with Crippen molar-refractivity contribution in [2.75, 3.05) is 27.4 Å². The van der Waals surface area contributed by atoms with Crippen molar-refractivity contribution < 1.29 is 23.1 Å². The van der Waals surface area contributed by atoms with E-state index in [1.54, 1.807) is 6.92 Å². The molecule has 8 heteroatoms. The van der Waals surface area contributed by atoms with Crippen molar-refractivity contribution >= 4 is 8.80 Å². The van der Waals surface area contributed by atoms with Crippen LogP contribution in [0.1, 0.15) is 13.3 Å². The van der Waals surface area contributed by atoms with Gasteiger partial charge in [-0.25, -0.2) is 0 Å². The van der Waals surface area contributed by atoms with Crippen molar-refractivity contribution in [3.8, 4) is 0 Å². The van der Waals surface area contributed by atoms with E-state index in [1.165, 1.54) is 14.2 Å². The molecule has 0 saturated carbocycles. The van der Waals surface area contributed by atoms with Gasteiger partial charge in [-0.3, -0.25) is 11.5 Å². The van der Waals surface area contributed by atoms with Gasteiger partial charge < -0.3 is 23.1 Å². The second kappa shape index (κ2) is 8.95. The Labute approximate surface area is 103 Å². The molecule has 0 bridgehead atoms. The largest absolute Gasteiger partial charge is 0.502 e. The lowest BCUT2D eigenvalue weighted by Gasteiger charge is -2.27. The zero-order valence-corrected chi connectivity index (χ0v) is 11.7. The second-order valence-electron chi connectivity index (χ2n) is 3.70. The molecule has 0 rings (SSSR count). The van der Waals surface area contributed by atoms with Crippen LogP contribution in [0, 0.1) is 0 Å². The maximum Gasteiger partial charge on any atom is 0.502 e. The van der Waals surface area contributed by atoms with Crippen LogP contribution in [0.2, 0.25) is 6.04 Å². The van der Waals surface area contributed by atoms with Gasteiger partial charge in [0.2, 0.25) is 0 Å². The van der Waals surface area contributed by atoms with E-state index in [-0.39, 0.29) is 0 Å². The molecular formula is C9H24N2O5Si. The highest BCUT2D eigenvalue weighted by Gasteiger charge is 2.39. The summed E-state index contributed by atoms with van der Waals surface area (Å²) >= 11 is 0. The van der Waals surface area contributed by atoms with Crippen molar-refractivity contribution in [1.29, 1.82) is 0 Å². The topological polar surface area (TPSA) is 109 Å². The molecular weight excluding hydrogens is 244 g/mol. The highest BCUT2D eigenvalue weighted by molar-refractivity contribution is 6.60. The average Bonchev–Trinajstić information content (AvgIpc) is 2.26. The van der Waals surface area contributed by atoms with Gasteiger partial charge in [0.15, 0.2) is 6.35 Å². The van der Waals surface area contributed by atoms with E-state index in [2.05, 4.69) is 0 Å². The first kappa shape index (κ1) is 16.9. The Balaban J connectivity index is 3.92. The number of ether oxygens (including phenoxy) is 1. The molecule has 0 amide bonds. The zero-order chi connectivity index (χ0) is 13.3. The minimum atomic E-state index is -2.78. The van der Waals surface area contributed by atoms with Crippen molar-refractivity contribution in [3.63, 3.8) is 0 Å². The fraction of sp³-hybridized carbons (Fsp3) is 1.00. The van der Waals surface area contributed by atoms with E-state index in [4.69, 9.17) is 34.6 Å². The predicted octanol–water partition coefficient (Wildman–Crippen LogP) is -0.777. The number of aliphatic hydroxyl groups is 1. The van der Waals surface area contributed by atoms with Gasteiger partial charge in [0.05, 0.1) is 12.7 Å². The fourth-order valence-corrected chi connectivity index (χ4v) is 3.17. The Morgan fingerprint density at radius 3 is 2.24 bits per heavy atom. The van der Waals surface area contributed by atoms with E-state index in [1.807, 2.05) is 0 Å². The van der Waals surface area contributed by atoms with E-state index >= 15 is 0 Å². The third kappa shape index (κ3) is 7.79. The summed E-state index contributed by atoms with van der Waals surface area (Å²) in [6.07, 6.45) is -0.691. The van der Waals surface area contributed by atoms with Gasteiger partial charge >= 0.3 is 8.80 Å². The zero-order valence-electron chi connectivity index (χ0n) is 10.7. The molecule has 0 aromatic carbocycles. The van der Waals surface area contributed by atoms with Gasteiger partial charge in [0.1, 0.15) is 0 Å². The molecule has 0 fully saturated rings. The molecule has 7 nitrogen and oxygen atoms in total. The third-order valence-electron chi connectivity index (χ3n) is 2.07. The van der Waals surface area contributed by atoms with Gasteiger partial charge in [0.25, 0.3) is 0 Å². The molecule has 0 spiro atoms. The summed E-state index contributed by atoms with van der Waals surface area (Å²) in [6, 6.07) is 0.560. The summed E-state index contributed by atoms with van der Waals surface area (Å²) in [7, 11) is 0.241. The SMILES string of the molecule is CO[Si](CCCOCC(C)O)(OC)OC(N)N. The first-order valence-corrected chi connectivity index (χ1v) is 7.44. The summed E-state index contributed by atoms with van der Waals surface area (Å²) in [5.74, 6) is 0. The summed E-state index contributed by atoms with van der Waals surface area (Å²) in [6.45, 7) is 2.47. The van der Waals surface area contributed by atoms with Crippen LogP contribution >= 0.6 is 0 Å². The van der Waals surface area contributed by atoms with Gasteiger partial charge in [-0.1, -0.05) is 0 Å². The Bertz CT molecular complexity index is 190. The lowest BCUT2D eigenvalue weighted by atomic mass is 10.4. The molecule has 1 atom stereocenters. The molecule has 0 radical (unpaired) electrons. The van der Waals surface area contributed by atoms with Gasteiger partial charge in [-0.2, -0.15) is 0 Å². The van der Waals surface area contributed by atoms with E-state index in [0.29, 0.717) is 25.7 Å². The second-order valence-corrected chi connectivity index (χ2v) is 6.62. The number of nitrogens with two attached hydrogens (primary N) is 2. The molecule has 0 aliphatic heterocycles. The number of rotatable bonds is 10. The minimum Gasteiger partial charge on any atom is -0.391 e. The molecule has 0 heterocycles. The van der Waals surface area contributed by atoms with Gasteiger partial charge in [-0.15, -0.1) is 0 Å². The lowest BCUT2D eigenvalue weighted by molar-refractivity contribution is 0.0383. The highest BCUT2D eigenvalue weighted by atomic mass is 28.4.